The Balaban J connectivity index is 2.28. The summed E-state index contributed by atoms with van der Waals surface area (Å²) in [5.74, 6) is 8.40. The van der Waals surface area contributed by atoms with E-state index in [1.54, 1.807) is 0 Å². The summed E-state index contributed by atoms with van der Waals surface area (Å²) in [4.78, 5) is 4.73. The minimum absolute atomic E-state index is 0.633. The first-order valence-electron chi connectivity index (χ1n) is 5.96. The zero-order valence-corrected chi connectivity index (χ0v) is 9.83. The van der Waals surface area contributed by atoms with Crippen molar-refractivity contribution in [3.8, 4) is 0 Å². The normalized spacial score (nSPS) is 30.6. The van der Waals surface area contributed by atoms with Crippen molar-refractivity contribution in [1.82, 2.24) is 0 Å². The second kappa shape index (κ2) is 5.72. The average molecular weight is 199 g/mol. The molecule has 14 heavy (non-hydrogen) atoms. The highest BCUT2D eigenvalue weighted by Gasteiger charge is 2.26. The molecular formula is C12H25NO. The van der Waals surface area contributed by atoms with Gasteiger partial charge in [-0.05, 0) is 49.4 Å². The maximum atomic E-state index is 5.11. The van der Waals surface area contributed by atoms with Crippen LogP contribution in [-0.2, 0) is 4.84 Å². The third-order valence-corrected chi connectivity index (χ3v) is 3.92. The summed E-state index contributed by atoms with van der Waals surface area (Å²) in [6, 6.07) is 0. The Kier molecular flexibility index (Phi) is 4.90. The van der Waals surface area contributed by atoms with Gasteiger partial charge in [0.15, 0.2) is 0 Å². The summed E-state index contributed by atoms with van der Waals surface area (Å²) in [7, 11) is 0. The number of rotatable bonds is 4. The van der Waals surface area contributed by atoms with Crippen LogP contribution in [0.4, 0.5) is 0 Å². The second-order valence-electron chi connectivity index (χ2n) is 5.23. The van der Waals surface area contributed by atoms with Crippen molar-refractivity contribution >= 4 is 0 Å². The van der Waals surface area contributed by atoms with Gasteiger partial charge in [0.2, 0.25) is 0 Å². The van der Waals surface area contributed by atoms with E-state index in [0.29, 0.717) is 5.92 Å². The summed E-state index contributed by atoms with van der Waals surface area (Å²) >= 11 is 0. The quantitative estimate of drug-likeness (QED) is 0.706. The van der Waals surface area contributed by atoms with Crippen LogP contribution in [0.3, 0.4) is 0 Å². The highest BCUT2D eigenvalue weighted by Crippen LogP contribution is 2.36. The lowest BCUT2D eigenvalue weighted by atomic mass is 9.73. The molecular weight excluding hydrogens is 174 g/mol. The molecule has 2 nitrogen and oxygen atoms in total. The van der Waals surface area contributed by atoms with Crippen LogP contribution in [-0.4, -0.2) is 6.61 Å². The maximum absolute atomic E-state index is 5.11. The molecule has 1 unspecified atom stereocenters. The van der Waals surface area contributed by atoms with Gasteiger partial charge in [-0.1, -0.05) is 20.8 Å². The Morgan fingerprint density at radius 1 is 1.07 bits per heavy atom. The molecule has 84 valence electrons. The van der Waals surface area contributed by atoms with Crippen molar-refractivity contribution in [1.29, 1.82) is 0 Å². The number of hydrogen-bond donors (Lipinski definition) is 1. The molecule has 0 spiro atoms. The van der Waals surface area contributed by atoms with E-state index in [2.05, 4.69) is 20.8 Å². The predicted molar refractivity (Wildman–Crippen MR) is 59.6 cm³/mol. The third-order valence-electron chi connectivity index (χ3n) is 3.92. The Bertz CT molecular complexity index is 150. The summed E-state index contributed by atoms with van der Waals surface area (Å²) < 4.78 is 0. The minimum Gasteiger partial charge on any atom is -0.304 e. The molecule has 1 aliphatic rings. The summed E-state index contributed by atoms with van der Waals surface area (Å²) in [5.41, 5.74) is 0. The molecule has 0 aliphatic heterocycles. The lowest BCUT2D eigenvalue weighted by molar-refractivity contribution is 0.0665. The van der Waals surface area contributed by atoms with Crippen LogP contribution >= 0.6 is 0 Å². The zero-order valence-electron chi connectivity index (χ0n) is 9.83. The van der Waals surface area contributed by atoms with Gasteiger partial charge in [0.05, 0.1) is 6.61 Å². The van der Waals surface area contributed by atoms with E-state index in [9.17, 15) is 0 Å². The zero-order chi connectivity index (χ0) is 10.6. The first-order chi connectivity index (χ1) is 6.65. The largest absolute Gasteiger partial charge is 0.304 e. The molecule has 0 bridgehead atoms. The van der Waals surface area contributed by atoms with E-state index in [1.807, 2.05) is 0 Å². The van der Waals surface area contributed by atoms with E-state index in [0.717, 1.165) is 24.4 Å². The fourth-order valence-electron chi connectivity index (χ4n) is 2.67. The average Bonchev–Trinajstić information content (AvgIpc) is 2.18. The summed E-state index contributed by atoms with van der Waals surface area (Å²) in [6.45, 7) is 7.67. The molecule has 0 aromatic rings. The van der Waals surface area contributed by atoms with Crippen molar-refractivity contribution in [2.75, 3.05) is 6.61 Å². The Labute approximate surface area is 88.2 Å². The van der Waals surface area contributed by atoms with Gasteiger partial charge < -0.3 is 4.84 Å². The van der Waals surface area contributed by atoms with Crippen molar-refractivity contribution < 1.29 is 4.84 Å². The highest BCUT2D eigenvalue weighted by atomic mass is 16.6. The third kappa shape index (κ3) is 3.25. The van der Waals surface area contributed by atoms with Gasteiger partial charge in [-0.15, -0.1) is 0 Å². The fraction of sp³-hybridized carbons (Fsp3) is 1.00. The fourth-order valence-corrected chi connectivity index (χ4v) is 2.67. The topological polar surface area (TPSA) is 35.2 Å². The standard InChI is InChI=1S/C12H25NO/c1-9(2)11-4-6-12(7-5-11)10(3)8-14-13/h9-12H,4-8,13H2,1-3H3. The molecule has 0 aromatic heterocycles. The molecule has 1 atom stereocenters. The monoisotopic (exact) mass is 199 g/mol. The highest BCUT2D eigenvalue weighted by molar-refractivity contribution is 4.77. The second-order valence-corrected chi connectivity index (χ2v) is 5.23. The molecule has 0 amide bonds. The van der Waals surface area contributed by atoms with Crippen LogP contribution in [0.1, 0.15) is 46.5 Å². The molecule has 1 saturated carbocycles. The van der Waals surface area contributed by atoms with E-state index in [-0.39, 0.29) is 0 Å². The molecule has 2 heteroatoms. The van der Waals surface area contributed by atoms with Gasteiger partial charge in [0, 0.05) is 0 Å². The van der Waals surface area contributed by atoms with Crippen LogP contribution in [0.5, 0.6) is 0 Å². The molecule has 1 aliphatic carbocycles. The molecule has 1 fully saturated rings. The van der Waals surface area contributed by atoms with Crippen molar-refractivity contribution in [2.45, 2.75) is 46.5 Å². The van der Waals surface area contributed by atoms with Gasteiger partial charge in [-0.25, -0.2) is 5.90 Å². The van der Waals surface area contributed by atoms with E-state index < -0.39 is 0 Å². The molecule has 0 aromatic carbocycles. The summed E-state index contributed by atoms with van der Waals surface area (Å²) in [6.07, 6.45) is 5.54. The van der Waals surface area contributed by atoms with Crippen molar-refractivity contribution in [3.63, 3.8) is 0 Å². The Morgan fingerprint density at radius 3 is 2.00 bits per heavy atom. The SMILES string of the molecule is CC(C)C1CCC(C(C)CON)CC1. The van der Waals surface area contributed by atoms with E-state index in [1.165, 1.54) is 25.7 Å². The smallest absolute Gasteiger partial charge is 0.0707 e. The first-order valence-corrected chi connectivity index (χ1v) is 5.96. The van der Waals surface area contributed by atoms with Crippen molar-refractivity contribution in [3.05, 3.63) is 0 Å². The lowest BCUT2D eigenvalue weighted by Crippen LogP contribution is -2.25. The molecule has 0 heterocycles. The van der Waals surface area contributed by atoms with Crippen LogP contribution in [0.15, 0.2) is 0 Å². The molecule has 0 saturated heterocycles. The molecule has 2 N–H and O–H groups in total. The number of nitrogens with two attached hydrogens (primary N) is 1. The van der Waals surface area contributed by atoms with Crippen LogP contribution in [0, 0.1) is 23.7 Å². The summed E-state index contributed by atoms with van der Waals surface area (Å²) in [5, 5.41) is 0. The Morgan fingerprint density at radius 2 is 1.57 bits per heavy atom. The van der Waals surface area contributed by atoms with Gasteiger partial charge in [0.25, 0.3) is 0 Å². The van der Waals surface area contributed by atoms with Crippen LogP contribution < -0.4 is 5.90 Å². The lowest BCUT2D eigenvalue weighted by Gasteiger charge is -2.33. The minimum atomic E-state index is 0.633. The first kappa shape index (κ1) is 12.0. The van der Waals surface area contributed by atoms with Gasteiger partial charge in [-0.2, -0.15) is 0 Å². The van der Waals surface area contributed by atoms with Crippen molar-refractivity contribution in [2.24, 2.45) is 29.6 Å². The van der Waals surface area contributed by atoms with Crippen LogP contribution in [0.2, 0.25) is 0 Å². The van der Waals surface area contributed by atoms with Gasteiger partial charge >= 0.3 is 0 Å². The molecule has 1 rings (SSSR count). The maximum Gasteiger partial charge on any atom is 0.0707 e. The number of hydrogen-bond acceptors (Lipinski definition) is 2. The van der Waals surface area contributed by atoms with E-state index in [4.69, 9.17) is 10.7 Å². The predicted octanol–water partition coefficient (Wildman–Crippen LogP) is 2.98. The Hall–Kier alpha value is -0.0800. The molecule has 0 radical (unpaired) electrons. The van der Waals surface area contributed by atoms with Gasteiger partial charge in [-0.3, -0.25) is 0 Å². The van der Waals surface area contributed by atoms with Crippen LogP contribution in [0.25, 0.3) is 0 Å². The van der Waals surface area contributed by atoms with Gasteiger partial charge in [0.1, 0.15) is 0 Å². The van der Waals surface area contributed by atoms with E-state index >= 15 is 0 Å².